The highest BCUT2D eigenvalue weighted by Crippen LogP contribution is 2.13. The summed E-state index contributed by atoms with van der Waals surface area (Å²) in [5, 5.41) is 12.3. The average Bonchev–Trinajstić information content (AvgIpc) is 2.22. The summed E-state index contributed by atoms with van der Waals surface area (Å²) in [4.78, 5) is 0. The van der Waals surface area contributed by atoms with Crippen LogP contribution < -0.4 is 5.32 Å². The maximum atomic E-state index is 8.71. The molecule has 0 aliphatic rings. The Morgan fingerprint density at radius 3 is 2.57 bits per heavy atom. The largest absolute Gasteiger partial charge is 0.396 e. The van der Waals surface area contributed by atoms with Crippen molar-refractivity contribution in [1.29, 1.82) is 0 Å². The second kappa shape index (κ2) is 9.81. The van der Waals surface area contributed by atoms with Gasteiger partial charge in [0.25, 0.3) is 0 Å². The second-order valence-electron chi connectivity index (χ2n) is 3.74. The molecule has 0 aliphatic carbocycles. The van der Waals surface area contributed by atoms with Crippen LogP contribution in [0.4, 0.5) is 0 Å². The molecule has 14 heavy (non-hydrogen) atoms. The Kier molecular flexibility index (Phi) is 10.0. The Bertz CT molecular complexity index is 122. The Morgan fingerprint density at radius 2 is 2.07 bits per heavy atom. The van der Waals surface area contributed by atoms with Gasteiger partial charge in [-0.05, 0) is 18.9 Å². The lowest BCUT2D eigenvalue weighted by molar-refractivity contribution is 0.322. The van der Waals surface area contributed by atoms with Crippen molar-refractivity contribution in [3.63, 3.8) is 0 Å². The minimum Gasteiger partial charge on any atom is -0.396 e. The van der Waals surface area contributed by atoms with E-state index in [0.29, 0.717) is 12.6 Å². The first-order valence-electron chi connectivity index (χ1n) is 5.68. The third-order valence-corrected chi connectivity index (χ3v) is 3.59. The van der Waals surface area contributed by atoms with Gasteiger partial charge in [-0.15, -0.1) is 0 Å². The second-order valence-corrected chi connectivity index (χ2v) is 4.89. The molecule has 86 valence electrons. The monoisotopic (exact) mass is 219 g/mol. The van der Waals surface area contributed by atoms with Crippen molar-refractivity contribution in [2.75, 3.05) is 24.7 Å². The van der Waals surface area contributed by atoms with E-state index in [2.05, 4.69) is 26.1 Å². The van der Waals surface area contributed by atoms with Crippen LogP contribution in [0.15, 0.2) is 0 Å². The number of aliphatic hydroxyl groups is 1. The maximum absolute atomic E-state index is 8.71. The quantitative estimate of drug-likeness (QED) is 0.583. The molecule has 0 saturated heterocycles. The summed E-state index contributed by atoms with van der Waals surface area (Å²) >= 11 is 1.84. The minimum absolute atomic E-state index is 0.297. The van der Waals surface area contributed by atoms with E-state index in [9.17, 15) is 0 Å². The zero-order valence-corrected chi connectivity index (χ0v) is 10.6. The lowest BCUT2D eigenvalue weighted by atomic mass is 10.0. The van der Waals surface area contributed by atoms with Crippen molar-refractivity contribution in [2.24, 2.45) is 5.92 Å². The van der Waals surface area contributed by atoms with Crippen LogP contribution in [0.2, 0.25) is 0 Å². The summed E-state index contributed by atoms with van der Waals surface area (Å²) in [5.41, 5.74) is 0. The molecule has 0 fully saturated rings. The van der Waals surface area contributed by atoms with E-state index >= 15 is 0 Å². The van der Waals surface area contributed by atoms with Crippen LogP contribution in [-0.4, -0.2) is 35.8 Å². The molecular weight excluding hydrogens is 194 g/mol. The fraction of sp³-hybridized carbons (Fsp3) is 1.00. The number of hydrogen-bond donors (Lipinski definition) is 2. The Balaban J connectivity index is 3.72. The molecule has 0 saturated carbocycles. The van der Waals surface area contributed by atoms with E-state index in [0.717, 1.165) is 24.0 Å². The van der Waals surface area contributed by atoms with Gasteiger partial charge < -0.3 is 10.4 Å². The van der Waals surface area contributed by atoms with Gasteiger partial charge in [-0.2, -0.15) is 11.8 Å². The van der Waals surface area contributed by atoms with E-state index in [1.807, 2.05) is 11.8 Å². The highest BCUT2D eigenvalue weighted by molar-refractivity contribution is 7.99. The molecule has 0 bridgehead atoms. The van der Waals surface area contributed by atoms with Crippen LogP contribution in [0.1, 0.15) is 33.6 Å². The van der Waals surface area contributed by atoms with Gasteiger partial charge in [-0.3, -0.25) is 0 Å². The Labute approximate surface area is 92.9 Å². The van der Waals surface area contributed by atoms with E-state index < -0.39 is 0 Å². The minimum atomic E-state index is 0.297. The highest BCUT2D eigenvalue weighted by Gasteiger charge is 2.14. The first kappa shape index (κ1) is 14.3. The molecule has 2 nitrogen and oxygen atoms in total. The van der Waals surface area contributed by atoms with Gasteiger partial charge in [0.1, 0.15) is 0 Å². The number of rotatable bonds is 9. The highest BCUT2D eigenvalue weighted by atomic mass is 32.2. The van der Waals surface area contributed by atoms with Crippen molar-refractivity contribution in [1.82, 2.24) is 5.32 Å². The summed E-state index contributed by atoms with van der Waals surface area (Å²) in [5.74, 6) is 2.71. The fourth-order valence-electron chi connectivity index (χ4n) is 1.31. The lowest BCUT2D eigenvalue weighted by Crippen LogP contribution is -2.37. The van der Waals surface area contributed by atoms with Gasteiger partial charge in [0.05, 0.1) is 6.61 Å². The molecule has 2 N–H and O–H groups in total. The van der Waals surface area contributed by atoms with E-state index in [-0.39, 0.29) is 0 Å². The van der Waals surface area contributed by atoms with Crippen molar-refractivity contribution in [3.8, 4) is 0 Å². The molecule has 2 unspecified atom stereocenters. The number of thioether (sulfide) groups is 1. The van der Waals surface area contributed by atoms with Gasteiger partial charge in [0, 0.05) is 17.5 Å². The van der Waals surface area contributed by atoms with Gasteiger partial charge in [0.15, 0.2) is 0 Å². The summed E-state index contributed by atoms with van der Waals surface area (Å²) in [6.07, 6.45) is 2.42. The average molecular weight is 219 g/mol. The number of aliphatic hydroxyl groups excluding tert-OH is 1. The van der Waals surface area contributed by atoms with Crippen LogP contribution in [-0.2, 0) is 0 Å². The molecule has 0 aromatic carbocycles. The smallest absolute Gasteiger partial charge is 0.0521 e. The Hall–Kier alpha value is 0.270. The van der Waals surface area contributed by atoms with E-state index in [1.54, 1.807) is 0 Å². The molecular formula is C11H25NOS. The van der Waals surface area contributed by atoms with Crippen LogP contribution in [0, 0.1) is 5.92 Å². The zero-order chi connectivity index (χ0) is 10.8. The molecule has 0 spiro atoms. The lowest BCUT2D eigenvalue weighted by Gasteiger charge is -2.23. The van der Waals surface area contributed by atoms with Crippen molar-refractivity contribution >= 4 is 11.8 Å². The summed E-state index contributed by atoms with van der Waals surface area (Å²) in [7, 11) is 0. The molecule has 0 rings (SSSR count). The molecule has 0 radical (unpaired) electrons. The third kappa shape index (κ3) is 6.68. The molecule has 0 aromatic heterocycles. The molecule has 0 amide bonds. The SMILES string of the molecule is CCCNC(CSCCO)C(C)CC. The van der Waals surface area contributed by atoms with E-state index in [1.165, 1.54) is 12.8 Å². The van der Waals surface area contributed by atoms with Crippen molar-refractivity contribution in [3.05, 3.63) is 0 Å². The summed E-state index contributed by atoms with van der Waals surface area (Å²) in [6, 6.07) is 0.608. The van der Waals surface area contributed by atoms with Crippen LogP contribution in [0.3, 0.4) is 0 Å². The normalized spacial score (nSPS) is 15.4. The first-order valence-corrected chi connectivity index (χ1v) is 6.83. The zero-order valence-electron chi connectivity index (χ0n) is 9.75. The number of hydrogen-bond acceptors (Lipinski definition) is 3. The molecule has 0 aliphatic heterocycles. The topological polar surface area (TPSA) is 32.3 Å². The van der Waals surface area contributed by atoms with Crippen LogP contribution in [0.5, 0.6) is 0 Å². The van der Waals surface area contributed by atoms with Crippen LogP contribution in [0.25, 0.3) is 0 Å². The fourth-order valence-corrected chi connectivity index (χ4v) is 2.31. The predicted molar refractivity (Wildman–Crippen MR) is 65.9 cm³/mol. The molecule has 2 atom stereocenters. The summed E-state index contributed by atoms with van der Waals surface area (Å²) < 4.78 is 0. The van der Waals surface area contributed by atoms with Gasteiger partial charge in [-0.25, -0.2) is 0 Å². The van der Waals surface area contributed by atoms with Crippen molar-refractivity contribution < 1.29 is 5.11 Å². The Morgan fingerprint density at radius 1 is 1.36 bits per heavy atom. The maximum Gasteiger partial charge on any atom is 0.0521 e. The van der Waals surface area contributed by atoms with Gasteiger partial charge in [0.2, 0.25) is 0 Å². The molecule has 3 heteroatoms. The van der Waals surface area contributed by atoms with Crippen molar-refractivity contribution in [2.45, 2.75) is 39.7 Å². The number of nitrogens with one attached hydrogen (secondary N) is 1. The van der Waals surface area contributed by atoms with Gasteiger partial charge in [-0.1, -0.05) is 27.2 Å². The first-order chi connectivity index (χ1) is 6.76. The molecule has 0 heterocycles. The van der Waals surface area contributed by atoms with Crippen LogP contribution >= 0.6 is 11.8 Å². The van der Waals surface area contributed by atoms with Gasteiger partial charge >= 0.3 is 0 Å². The standard InChI is InChI=1S/C11H25NOS/c1-4-6-12-11(10(3)5-2)9-14-8-7-13/h10-13H,4-9H2,1-3H3. The summed E-state index contributed by atoms with van der Waals surface area (Å²) in [6.45, 7) is 8.14. The third-order valence-electron chi connectivity index (χ3n) is 2.52. The molecule has 0 aromatic rings. The predicted octanol–water partition coefficient (Wildman–Crippen LogP) is 2.13. The van der Waals surface area contributed by atoms with E-state index in [4.69, 9.17) is 5.11 Å².